The fourth-order valence-corrected chi connectivity index (χ4v) is 3.11. The van der Waals surface area contributed by atoms with Crippen LogP contribution in [0, 0.1) is 17.3 Å². The molecule has 3 atom stereocenters. The third-order valence-corrected chi connectivity index (χ3v) is 4.98. The topological polar surface area (TPSA) is 69.6 Å². The Morgan fingerprint density at radius 3 is 2.40 bits per heavy atom. The van der Waals surface area contributed by atoms with Crippen LogP contribution in [0.15, 0.2) is 0 Å². The largest absolute Gasteiger partial charge is 0.481 e. The van der Waals surface area contributed by atoms with Crippen molar-refractivity contribution >= 4 is 11.9 Å². The van der Waals surface area contributed by atoms with E-state index in [-0.39, 0.29) is 29.2 Å². The van der Waals surface area contributed by atoms with E-state index in [9.17, 15) is 14.7 Å². The number of nitrogens with one attached hydrogen (secondary N) is 1. The molecule has 1 aliphatic carbocycles. The van der Waals surface area contributed by atoms with Gasteiger partial charge >= 0.3 is 5.97 Å². The summed E-state index contributed by atoms with van der Waals surface area (Å²) in [6.45, 7) is 6.84. The quantitative estimate of drug-likeness (QED) is 0.804. The lowest BCUT2D eigenvalue weighted by Crippen LogP contribution is -2.51. The predicted molar refractivity (Wildman–Crippen MR) is 78.4 cm³/mol. The molecule has 116 valence electrons. The van der Waals surface area contributed by atoms with Crippen molar-refractivity contribution in [2.24, 2.45) is 17.3 Å². The van der Waals surface area contributed by atoms with Crippen molar-refractivity contribution in [3.63, 3.8) is 0 Å². The van der Waals surface area contributed by atoms with E-state index in [0.717, 1.165) is 6.42 Å². The van der Waals surface area contributed by atoms with Crippen LogP contribution in [-0.4, -0.2) is 48.6 Å². The Bertz CT molecular complexity index is 366. The monoisotopic (exact) mass is 284 g/mol. The first-order valence-corrected chi connectivity index (χ1v) is 7.34. The van der Waals surface area contributed by atoms with Crippen molar-refractivity contribution in [3.8, 4) is 0 Å². The van der Waals surface area contributed by atoms with E-state index in [2.05, 4.69) is 12.2 Å². The number of aliphatic carboxylic acids is 1. The Hall–Kier alpha value is -1.10. The Kier molecular flexibility index (Phi) is 5.57. The molecular weight excluding hydrogens is 256 g/mol. The van der Waals surface area contributed by atoms with Gasteiger partial charge in [0.2, 0.25) is 5.91 Å². The summed E-state index contributed by atoms with van der Waals surface area (Å²) in [7, 11) is 3.51. The van der Waals surface area contributed by atoms with E-state index in [4.69, 9.17) is 0 Å². The third kappa shape index (κ3) is 3.72. The van der Waals surface area contributed by atoms with E-state index < -0.39 is 5.97 Å². The van der Waals surface area contributed by atoms with Crippen molar-refractivity contribution < 1.29 is 14.7 Å². The standard InChI is InChI=1S/C15H28N2O3/c1-10-12(16-9-8-13(18)17(4)5)7-6-11(14(19)20)15(10,2)3/h10-12,16H,6-9H2,1-5H3,(H,19,20). The molecule has 2 N–H and O–H groups in total. The lowest BCUT2D eigenvalue weighted by atomic mass is 9.61. The average Bonchev–Trinajstić information content (AvgIpc) is 2.33. The Balaban J connectivity index is 2.54. The van der Waals surface area contributed by atoms with Crippen molar-refractivity contribution in [3.05, 3.63) is 0 Å². The highest BCUT2D eigenvalue weighted by Crippen LogP contribution is 2.44. The molecule has 1 amide bonds. The summed E-state index contributed by atoms with van der Waals surface area (Å²) >= 11 is 0. The summed E-state index contributed by atoms with van der Waals surface area (Å²) in [6.07, 6.45) is 2.04. The molecule has 1 rings (SSSR count). The first-order chi connectivity index (χ1) is 9.17. The van der Waals surface area contributed by atoms with Crippen molar-refractivity contribution in [2.75, 3.05) is 20.6 Å². The van der Waals surface area contributed by atoms with Crippen LogP contribution >= 0.6 is 0 Å². The fourth-order valence-electron chi connectivity index (χ4n) is 3.11. The van der Waals surface area contributed by atoms with Crippen LogP contribution in [0.5, 0.6) is 0 Å². The molecule has 5 nitrogen and oxygen atoms in total. The van der Waals surface area contributed by atoms with Crippen molar-refractivity contribution in [2.45, 2.75) is 46.1 Å². The van der Waals surface area contributed by atoms with Crippen LogP contribution in [0.3, 0.4) is 0 Å². The molecule has 20 heavy (non-hydrogen) atoms. The zero-order valence-corrected chi connectivity index (χ0v) is 13.3. The maximum Gasteiger partial charge on any atom is 0.307 e. The van der Waals surface area contributed by atoms with Crippen LogP contribution in [0.4, 0.5) is 0 Å². The molecule has 0 bridgehead atoms. The molecular formula is C15H28N2O3. The van der Waals surface area contributed by atoms with Gasteiger partial charge in [0.15, 0.2) is 0 Å². The van der Waals surface area contributed by atoms with Gasteiger partial charge in [0.25, 0.3) is 0 Å². The summed E-state index contributed by atoms with van der Waals surface area (Å²) in [6, 6.07) is 0.288. The van der Waals surface area contributed by atoms with Crippen LogP contribution in [-0.2, 0) is 9.59 Å². The van der Waals surface area contributed by atoms with E-state index in [1.807, 2.05) is 13.8 Å². The molecule has 1 saturated carbocycles. The van der Waals surface area contributed by atoms with E-state index in [1.54, 1.807) is 19.0 Å². The lowest BCUT2D eigenvalue weighted by Gasteiger charge is -2.46. The number of amides is 1. The molecule has 0 aromatic carbocycles. The number of hydrogen-bond acceptors (Lipinski definition) is 3. The average molecular weight is 284 g/mol. The van der Waals surface area contributed by atoms with E-state index >= 15 is 0 Å². The number of nitrogens with zero attached hydrogens (tertiary/aromatic N) is 1. The smallest absolute Gasteiger partial charge is 0.307 e. The van der Waals surface area contributed by atoms with Gasteiger partial charge in [-0.1, -0.05) is 20.8 Å². The molecule has 0 aliphatic heterocycles. The highest BCUT2D eigenvalue weighted by molar-refractivity contribution is 5.75. The summed E-state index contributed by atoms with van der Waals surface area (Å²) in [5.41, 5.74) is -0.229. The molecule has 5 heteroatoms. The Morgan fingerprint density at radius 1 is 1.30 bits per heavy atom. The number of rotatable bonds is 5. The fraction of sp³-hybridized carbons (Fsp3) is 0.867. The highest BCUT2D eigenvalue weighted by Gasteiger charge is 2.45. The molecule has 1 fully saturated rings. The van der Waals surface area contributed by atoms with Crippen molar-refractivity contribution in [1.29, 1.82) is 0 Å². The molecule has 0 radical (unpaired) electrons. The molecule has 0 heterocycles. The molecule has 1 aliphatic rings. The van der Waals surface area contributed by atoms with Crippen LogP contribution in [0.1, 0.15) is 40.0 Å². The molecule has 3 unspecified atom stereocenters. The maximum absolute atomic E-state index is 11.5. The number of carbonyl (C=O) groups is 2. The van der Waals surface area contributed by atoms with Gasteiger partial charge in [0.1, 0.15) is 0 Å². The first-order valence-electron chi connectivity index (χ1n) is 7.34. The van der Waals surface area contributed by atoms with Crippen LogP contribution in [0.25, 0.3) is 0 Å². The minimum Gasteiger partial charge on any atom is -0.481 e. The SMILES string of the molecule is CC1C(NCCC(=O)N(C)C)CCC(C(=O)O)C1(C)C. The first kappa shape index (κ1) is 17.0. The molecule has 0 spiro atoms. The second kappa shape index (κ2) is 6.57. The lowest BCUT2D eigenvalue weighted by molar-refractivity contribution is -0.150. The van der Waals surface area contributed by atoms with Gasteiger partial charge in [-0.15, -0.1) is 0 Å². The molecule has 0 aromatic heterocycles. The summed E-state index contributed by atoms with van der Waals surface area (Å²) in [5, 5.41) is 12.7. The Labute approximate surface area is 121 Å². The zero-order valence-electron chi connectivity index (χ0n) is 13.3. The number of carboxylic acid groups (broad SMARTS) is 1. The van der Waals surface area contributed by atoms with Gasteiger partial charge in [-0.05, 0) is 24.2 Å². The summed E-state index contributed by atoms with van der Waals surface area (Å²) in [5.74, 6) is -0.586. The van der Waals surface area contributed by atoms with Crippen LogP contribution in [0.2, 0.25) is 0 Å². The normalized spacial score (nSPS) is 28.9. The highest BCUT2D eigenvalue weighted by atomic mass is 16.4. The molecule has 0 aromatic rings. The minimum atomic E-state index is -0.692. The second-order valence-electron chi connectivity index (χ2n) is 6.68. The van der Waals surface area contributed by atoms with Gasteiger partial charge in [0.05, 0.1) is 5.92 Å². The summed E-state index contributed by atoms with van der Waals surface area (Å²) < 4.78 is 0. The minimum absolute atomic E-state index is 0.114. The third-order valence-electron chi connectivity index (χ3n) is 4.98. The predicted octanol–water partition coefficient (Wildman–Crippen LogP) is 1.58. The number of carbonyl (C=O) groups excluding carboxylic acids is 1. The number of hydrogen-bond donors (Lipinski definition) is 2. The Morgan fingerprint density at radius 2 is 1.90 bits per heavy atom. The number of carboxylic acids is 1. The van der Waals surface area contributed by atoms with Crippen molar-refractivity contribution in [1.82, 2.24) is 10.2 Å². The second-order valence-corrected chi connectivity index (χ2v) is 6.68. The summed E-state index contributed by atoms with van der Waals surface area (Å²) in [4.78, 5) is 24.5. The van der Waals surface area contributed by atoms with Gasteiger partial charge in [-0.3, -0.25) is 9.59 Å². The van der Waals surface area contributed by atoms with Gasteiger partial charge in [-0.25, -0.2) is 0 Å². The van der Waals surface area contributed by atoms with Gasteiger partial charge in [-0.2, -0.15) is 0 Å². The maximum atomic E-state index is 11.5. The van der Waals surface area contributed by atoms with Gasteiger partial charge < -0.3 is 15.3 Å². The van der Waals surface area contributed by atoms with Crippen LogP contribution < -0.4 is 5.32 Å². The zero-order chi connectivity index (χ0) is 15.5. The van der Waals surface area contributed by atoms with Gasteiger partial charge in [0, 0.05) is 33.1 Å². The molecule has 0 saturated heterocycles. The van der Waals surface area contributed by atoms with E-state index in [1.165, 1.54) is 0 Å². The van der Waals surface area contributed by atoms with E-state index in [0.29, 0.717) is 19.4 Å².